The highest BCUT2D eigenvalue weighted by Crippen LogP contribution is 2.09. The van der Waals surface area contributed by atoms with Crippen molar-refractivity contribution in [3.05, 3.63) is 33.5 Å². The lowest BCUT2D eigenvalue weighted by atomic mass is 10.5. The van der Waals surface area contributed by atoms with Crippen LogP contribution in [0.25, 0.3) is 0 Å². The Labute approximate surface area is 93.6 Å². The molecule has 2 heterocycles. The maximum absolute atomic E-state index is 4.09. The molecule has 6 heteroatoms. The summed E-state index contributed by atoms with van der Waals surface area (Å²) < 4.78 is 0.876. The normalized spacial score (nSPS) is 10.1. The van der Waals surface area contributed by atoms with E-state index in [0.29, 0.717) is 12.5 Å². The van der Waals surface area contributed by atoms with Crippen LogP contribution in [0.15, 0.2) is 28.6 Å². The smallest absolute Gasteiger partial charge is 0.222 e. The van der Waals surface area contributed by atoms with Gasteiger partial charge in [0.1, 0.15) is 0 Å². The van der Waals surface area contributed by atoms with Crippen molar-refractivity contribution in [2.45, 2.75) is 6.54 Å². The van der Waals surface area contributed by atoms with E-state index in [1.807, 2.05) is 6.20 Å². The fraction of sp³-hybridized carbons (Fsp3) is 0.125. The molecule has 1 N–H and O–H groups in total. The summed E-state index contributed by atoms with van der Waals surface area (Å²) in [5.74, 6) is 0.626. The van der Waals surface area contributed by atoms with E-state index in [2.05, 4.69) is 36.2 Å². The lowest BCUT2D eigenvalue weighted by molar-refractivity contribution is 1.06. The van der Waals surface area contributed by atoms with Gasteiger partial charge in [-0.15, -0.1) is 11.3 Å². The van der Waals surface area contributed by atoms with Gasteiger partial charge in [0.15, 0.2) is 0 Å². The van der Waals surface area contributed by atoms with Crippen LogP contribution in [0.3, 0.4) is 0 Å². The minimum absolute atomic E-state index is 0.626. The lowest BCUT2D eigenvalue weighted by Crippen LogP contribution is -2.01. The van der Waals surface area contributed by atoms with Gasteiger partial charge in [-0.2, -0.15) is 0 Å². The largest absolute Gasteiger partial charge is 0.349 e. The minimum atomic E-state index is 0.626. The van der Waals surface area contributed by atoms with Gasteiger partial charge in [0.05, 0.1) is 16.5 Å². The zero-order chi connectivity index (χ0) is 9.80. The second-order valence-electron chi connectivity index (χ2n) is 2.55. The third-order valence-electron chi connectivity index (χ3n) is 1.52. The highest BCUT2D eigenvalue weighted by molar-refractivity contribution is 9.10. The van der Waals surface area contributed by atoms with Gasteiger partial charge in [-0.05, 0) is 15.9 Å². The number of hydrogen-bond donors (Lipinski definition) is 1. The lowest BCUT2D eigenvalue weighted by Gasteiger charge is -2.01. The van der Waals surface area contributed by atoms with Crippen molar-refractivity contribution in [3.8, 4) is 0 Å². The Morgan fingerprint density at radius 2 is 2.07 bits per heavy atom. The first-order valence-corrected chi connectivity index (χ1v) is 5.60. The van der Waals surface area contributed by atoms with Gasteiger partial charge in [0, 0.05) is 23.5 Å². The molecule has 0 amide bonds. The molecule has 0 saturated carbocycles. The molecule has 0 aromatic carbocycles. The summed E-state index contributed by atoms with van der Waals surface area (Å²) in [7, 11) is 0. The van der Waals surface area contributed by atoms with Crippen molar-refractivity contribution in [3.63, 3.8) is 0 Å². The molecule has 0 atom stereocenters. The van der Waals surface area contributed by atoms with E-state index in [1.54, 1.807) is 29.2 Å². The first-order valence-electron chi connectivity index (χ1n) is 3.93. The van der Waals surface area contributed by atoms with Gasteiger partial charge in [0.2, 0.25) is 5.95 Å². The molecule has 0 aliphatic heterocycles. The molecule has 0 unspecified atom stereocenters. The Bertz CT molecular complexity index is 386. The number of rotatable bonds is 3. The Morgan fingerprint density at radius 1 is 1.29 bits per heavy atom. The van der Waals surface area contributed by atoms with Crippen LogP contribution in [-0.4, -0.2) is 15.0 Å². The summed E-state index contributed by atoms with van der Waals surface area (Å²) in [5.41, 5.74) is 1.81. The van der Waals surface area contributed by atoms with Crippen molar-refractivity contribution in [2.75, 3.05) is 5.32 Å². The summed E-state index contributed by atoms with van der Waals surface area (Å²) in [5, 5.41) is 3.10. The topological polar surface area (TPSA) is 50.7 Å². The zero-order valence-electron chi connectivity index (χ0n) is 7.14. The van der Waals surface area contributed by atoms with Gasteiger partial charge in [-0.1, -0.05) is 0 Å². The van der Waals surface area contributed by atoms with E-state index in [4.69, 9.17) is 0 Å². The second-order valence-corrected chi connectivity index (χ2v) is 4.43. The number of anilines is 1. The molecule has 0 aliphatic rings. The quantitative estimate of drug-likeness (QED) is 0.930. The summed E-state index contributed by atoms with van der Waals surface area (Å²) in [6, 6.07) is 0. The third-order valence-corrected chi connectivity index (χ3v) is 2.71. The minimum Gasteiger partial charge on any atom is -0.349 e. The highest BCUT2D eigenvalue weighted by Gasteiger charge is 1.97. The van der Waals surface area contributed by atoms with E-state index < -0.39 is 0 Å². The average Bonchev–Trinajstić information content (AvgIpc) is 2.70. The Kier molecular flexibility index (Phi) is 3.05. The molecule has 72 valence electrons. The molecule has 0 radical (unpaired) electrons. The fourth-order valence-electron chi connectivity index (χ4n) is 0.899. The molecule has 2 rings (SSSR count). The monoisotopic (exact) mass is 270 g/mol. The molecular formula is C8H7BrN4S. The van der Waals surface area contributed by atoms with Crippen LogP contribution in [0.4, 0.5) is 5.95 Å². The Hall–Kier alpha value is -1.01. The molecular weight excluding hydrogens is 264 g/mol. The SMILES string of the molecule is Brc1cnc(NCc2cncs2)nc1. The predicted octanol–water partition coefficient (Wildman–Crippen LogP) is 2.31. The molecule has 0 aliphatic carbocycles. The number of aromatic nitrogens is 3. The molecule has 14 heavy (non-hydrogen) atoms. The van der Waals surface area contributed by atoms with E-state index in [9.17, 15) is 0 Å². The van der Waals surface area contributed by atoms with E-state index >= 15 is 0 Å². The molecule has 4 nitrogen and oxygen atoms in total. The standard InChI is InChI=1S/C8H7BrN4S/c9-6-1-11-8(12-2-6)13-4-7-3-10-5-14-7/h1-3,5H,4H2,(H,11,12,13). The Morgan fingerprint density at radius 3 is 2.71 bits per heavy atom. The molecule has 0 fully saturated rings. The number of thiazole rings is 1. The van der Waals surface area contributed by atoms with Crippen LogP contribution in [-0.2, 0) is 6.54 Å². The van der Waals surface area contributed by atoms with E-state index in [1.165, 1.54) is 0 Å². The summed E-state index contributed by atoms with van der Waals surface area (Å²) in [6.07, 6.45) is 5.25. The first-order chi connectivity index (χ1) is 6.84. The maximum Gasteiger partial charge on any atom is 0.222 e. The average molecular weight is 271 g/mol. The molecule has 2 aromatic heterocycles. The maximum atomic E-state index is 4.09. The number of nitrogens with one attached hydrogen (secondary N) is 1. The van der Waals surface area contributed by atoms with Gasteiger partial charge in [-0.25, -0.2) is 9.97 Å². The van der Waals surface area contributed by atoms with Crippen molar-refractivity contribution < 1.29 is 0 Å². The van der Waals surface area contributed by atoms with Crippen molar-refractivity contribution in [2.24, 2.45) is 0 Å². The fourth-order valence-corrected chi connectivity index (χ4v) is 1.64. The highest BCUT2D eigenvalue weighted by atomic mass is 79.9. The second kappa shape index (κ2) is 4.47. The summed E-state index contributed by atoms with van der Waals surface area (Å²) in [6.45, 7) is 0.715. The number of halogens is 1. The van der Waals surface area contributed by atoms with E-state index in [-0.39, 0.29) is 0 Å². The summed E-state index contributed by atoms with van der Waals surface area (Å²) >= 11 is 4.88. The number of nitrogens with zero attached hydrogens (tertiary/aromatic N) is 3. The van der Waals surface area contributed by atoms with Gasteiger partial charge in [0.25, 0.3) is 0 Å². The third kappa shape index (κ3) is 2.49. The predicted molar refractivity (Wildman–Crippen MR) is 59.2 cm³/mol. The van der Waals surface area contributed by atoms with E-state index in [0.717, 1.165) is 9.35 Å². The van der Waals surface area contributed by atoms with Crippen LogP contribution >= 0.6 is 27.3 Å². The van der Waals surface area contributed by atoms with Gasteiger partial charge >= 0.3 is 0 Å². The van der Waals surface area contributed by atoms with Gasteiger partial charge < -0.3 is 5.32 Å². The summed E-state index contributed by atoms with van der Waals surface area (Å²) in [4.78, 5) is 13.3. The van der Waals surface area contributed by atoms with Crippen LogP contribution in [0.2, 0.25) is 0 Å². The van der Waals surface area contributed by atoms with Crippen LogP contribution in [0.5, 0.6) is 0 Å². The zero-order valence-corrected chi connectivity index (χ0v) is 9.55. The Balaban J connectivity index is 1.95. The van der Waals surface area contributed by atoms with Crippen LogP contribution < -0.4 is 5.32 Å². The van der Waals surface area contributed by atoms with Crippen LogP contribution in [0, 0.1) is 0 Å². The molecule has 0 spiro atoms. The molecule has 2 aromatic rings. The van der Waals surface area contributed by atoms with Gasteiger partial charge in [-0.3, -0.25) is 4.98 Å². The van der Waals surface area contributed by atoms with Crippen molar-refractivity contribution in [1.82, 2.24) is 15.0 Å². The molecule has 0 saturated heterocycles. The first kappa shape index (κ1) is 9.54. The van der Waals surface area contributed by atoms with Crippen molar-refractivity contribution >= 4 is 33.2 Å². The van der Waals surface area contributed by atoms with Crippen molar-refractivity contribution in [1.29, 1.82) is 0 Å². The number of hydrogen-bond acceptors (Lipinski definition) is 5. The molecule has 0 bridgehead atoms. The van der Waals surface area contributed by atoms with Crippen LogP contribution in [0.1, 0.15) is 4.88 Å².